The molecule has 1 aromatic carbocycles. The zero-order valence-corrected chi connectivity index (χ0v) is 18.1. The molecule has 1 amide bonds. The Morgan fingerprint density at radius 2 is 2.07 bits per heavy atom. The summed E-state index contributed by atoms with van der Waals surface area (Å²) in [4.78, 5) is 22.4. The van der Waals surface area contributed by atoms with Crippen molar-refractivity contribution in [2.45, 2.75) is 52.4 Å². The summed E-state index contributed by atoms with van der Waals surface area (Å²) in [6, 6.07) is 8.45. The molecule has 2 aromatic rings. The van der Waals surface area contributed by atoms with Crippen LogP contribution >= 0.6 is 0 Å². The van der Waals surface area contributed by atoms with E-state index < -0.39 is 5.60 Å². The number of carbonyl (C=O) groups excluding carboxylic acids is 1. The molecule has 2 N–H and O–H groups in total. The fourth-order valence-electron chi connectivity index (χ4n) is 3.06. The van der Waals surface area contributed by atoms with Crippen LogP contribution in [0.3, 0.4) is 0 Å². The molecule has 2 heterocycles. The van der Waals surface area contributed by atoms with Crippen molar-refractivity contribution in [1.82, 2.24) is 30.3 Å². The van der Waals surface area contributed by atoms with Gasteiger partial charge in [-0.05, 0) is 38.8 Å². The van der Waals surface area contributed by atoms with E-state index in [1.54, 1.807) is 15.9 Å². The van der Waals surface area contributed by atoms with Crippen molar-refractivity contribution < 1.29 is 9.53 Å². The van der Waals surface area contributed by atoms with Crippen molar-refractivity contribution in [3.8, 4) is 0 Å². The van der Waals surface area contributed by atoms with Crippen LogP contribution in [0.4, 0.5) is 4.79 Å². The minimum atomic E-state index is -0.478. The van der Waals surface area contributed by atoms with Gasteiger partial charge in [-0.1, -0.05) is 24.3 Å². The topological polar surface area (TPSA) is 96.7 Å². The number of likely N-dealkylation sites (tertiary alicyclic amines) is 1. The molecule has 1 aliphatic rings. The summed E-state index contributed by atoms with van der Waals surface area (Å²) >= 11 is 0. The summed E-state index contributed by atoms with van der Waals surface area (Å²) in [6.45, 7) is 10.9. The molecule has 1 aromatic heterocycles. The molecule has 1 aliphatic heterocycles. The Morgan fingerprint density at radius 1 is 1.30 bits per heavy atom. The Kier molecular flexibility index (Phi) is 6.91. The summed E-state index contributed by atoms with van der Waals surface area (Å²) < 4.78 is 7.19. The SMILES string of the molecule is CCNC(=NCc1cccc(Cn2cncn2)c1)NC1CN(C(=O)OC(C)(C)C)C1. The third kappa shape index (κ3) is 6.47. The standard InChI is InChI=1S/C21H31N7O2/c1-5-23-19(26-18-12-27(13-18)20(29)30-21(2,3)4)24-10-16-7-6-8-17(9-16)11-28-15-22-14-25-28/h6-9,14-15,18H,5,10-13H2,1-4H3,(H2,23,24,26). The number of nitrogens with one attached hydrogen (secondary N) is 2. The second-order valence-electron chi connectivity index (χ2n) is 8.33. The molecular formula is C21H31N7O2. The molecular weight excluding hydrogens is 382 g/mol. The maximum Gasteiger partial charge on any atom is 0.410 e. The van der Waals surface area contributed by atoms with E-state index in [0.29, 0.717) is 26.2 Å². The van der Waals surface area contributed by atoms with Gasteiger partial charge >= 0.3 is 6.09 Å². The molecule has 0 atom stereocenters. The highest BCUT2D eigenvalue weighted by Crippen LogP contribution is 2.15. The van der Waals surface area contributed by atoms with Crippen molar-refractivity contribution in [2.75, 3.05) is 19.6 Å². The Hall–Kier alpha value is -3.10. The van der Waals surface area contributed by atoms with Gasteiger partial charge in [0.2, 0.25) is 0 Å². The summed E-state index contributed by atoms with van der Waals surface area (Å²) in [5.41, 5.74) is 1.79. The van der Waals surface area contributed by atoms with Gasteiger partial charge in [0.25, 0.3) is 0 Å². The second kappa shape index (κ2) is 9.60. The van der Waals surface area contributed by atoms with Crippen LogP contribution in [0, 0.1) is 0 Å². The number of ether oxygens (including phenoxy) is 1. The third-order valence-corrected chi connectivity index (χ3v) is 4.44. The molecule has 0 saturated carbocycles. The minimum Gasteiger partial charge on any atom is -0.444 e. The number of aromatic nitrogens is 3. The fraction of sp³-hybridized carbons (Fsp3) is 0.524. The van der Waals surface area contributed by atoms with Gasteiger partial charge in [-0.25, -0.2) is 19.5 Å². The fourth-order valence-corrected chi connectivity index (χ4v) is 3.06. The summed E-state index contributed by atoms with van der Waals surface area (Å²) in [6.07, 6.45) is 2.97. The van der Waals surface area contributed by atoms with Crippen molar-refractivity contribution in [3.63, 3.8) is 0 Å². The first-order chi connectivity index (χ1) is 14.3. The highest BCUT2D eigenvalue weighted by atomic mass is 16.6. The van der Waals surface area contributed by atoms with Gasteiger partial charge in [0, 0.05) is 19.6 Å². The smallest absolute Gasteiger partial charge is 0.410 e. The highest BCUT2D eigenvalue weighted by molar-refractivity contribution is 5.80. The number of nitrogens with zero attached hydrogens (tertiary/aromatic N) is 5. The minimum absolute atomic E-state index is 0.161. The Bertz CT molecular complexity index is 852. The van der Waals surface area contributed by atoms with Crippen LogP contribution in [0.2, 0.25) is 0 Å². The molecule has 0 radical (unpaired) electrons. The van der Waals surface area contributed by atoms with Gasteiger partial charge in [-0.2, -0.15) is 5.10 Å². The number of carbonyl (C=O) groups is 1. The number of rotatable bonds is 6. The average molecular weight is 414 g/mol. The molecule has 1 fully saturated rings. The van der Waals surface area contributed by atoms with Crippen molar-refractivity contribution >= 4 is 12.1 Å². The van der Waals surface area contributed by atoms with Crippen LogP contribution in [0.1, 0.15) is 38.8 Å². The van der Waals surface area contributed by atoms with E-state index in [9.17, 15) is 4.79 Å². The molecule has 0 bridgehead atoms. The van der Waals surface area contributed by atoms with Crippen molar-refractivity contribution in [1.29, 1.82) is 0 Å². The molecule has 0 spiro atoms. The van der Waals surface area contributed by atoms with E-state index in [-0.39, 0.29) is 12.1 Å². The lowest BCUT2D eigenvalue weighted by Crippen LogP contribution is -2.63. The lowest BCUT2D eigenvalue weighted by molar-refractivity contribution is 0.00701. The van der Waals surface area contributed by atoms with Gasteiger partial charge in [0.1, 0.15) is 18.3 Å². The van der Waals surface area contributed by atoms with E-state index in [1.807, 2.05) is 33.8 Å². The number of benzene rings is 1. The lowest BCUT2D eigenvalue weighted by atomic mass is 10.1. The molecule has 0 aliphatic carbocycles. The number of amides is 1. The van der Waals surface area contributed by atoms with Gasteiger partial charge in [-0.15, -0.1) is 0 Å². The van der Waals surface area contributed by atoms with Crippen molar-refractivity contribution in [3.05, 3.63) is 48.0 Å². The maximum absolute atomic E-state index is 12.1. The third-order valence-electron chi connectivity index (χ3n) is 4.44. The van der Waals surface area contributed by atoms with Crippen LogP contribution in [0.15, 0.2) is 41.9 Å². The summed E-state index contributed by atoms with van der Waals surface area (Å²) in [7, 11) is 0. The zero-order valence-electron chi connectivity index (χ0n) is 18.1. The number of aliphatic imine (C=N–C) groups is 1. The largest absolute Gasteiger partial charge is 0.444 e. The molecule has 0 unspecified atom stereocenters. The molecule has 162 valence electrons. The molecule has 9 nitrogen and oxygen atoms in total. The van der Waals surface area contributed by atoms with Gasteiger partial charge in [0.05, 0.1) is 19.1 Å². The van der Waals surface area contributed by atoms with Gasteiger partial charge < -0.3 is 20.3 Å². The van der Waals surface area contributed by atoms with Crippen LogP contribution in [0.25, 0.3) is 0 Å². The number of guanidine groups is 1. The monoisotopic (exact) mass is 413 g/mol. The molecule has 9 heteroatoms. The van der Waals surface area contributed by atoms with E-state index in [2.05, 4.69) is 38.9 Å². The van der Waals surface area contributed by atoms with E-state index in [1.165, 1.54) is 6.33 Å². The second-order valence-corrected chi connectivity index (χ2v) is 8.33. The first-order valence-corrected chi connectivity index (χ1v) is 10.3. The number of hydrogen-bond acceptors (Lipinski definition) is 5. The normalized spacial score (nSPS) is 14.9. The van der Waals surface area contributed by atoms with Crippen LogP contribution in [-0.4, -0.2) is 63.0 Å². The lowest BCUT2D eigenvalue weighted by Gasteiger charge is -2.40. The number of hydrogen-bond donors (Lipinski definition) is 2. The summed E-state index contributed by atoms with van der Waals surface area (Å²) in [5.74, 6) is 0.744. The maximum atomic E-state index is 12.1. The molecule has 3 rings (SSSR count). The van der Waals surface area contributed by atoms with Gasteiger partial charge in [-0.3, -0.25) is 0 Å². The molecule has 30 heavy (non-hydrogen) atoms. The van der Waals surface area contributed by atoms with Crippen LogP contribution < -0.4 is 10.6 Å². The first kappa shape index (κ1) is 21.6. The predicted octanol–water partition coefficient (Wildman–Crippen LogP) is 2.00. The molecule has 1 saturated heterocycles. The summed E-state index contributed by atoms with van der Waals surface area (Å²) in [5, 5.41) is 10.8. The Balaban J connectivity index is 1.52. The Morgan fingerprint density at radius 3 is 2.73 bits per heavy atom. The van der Waals surface area contributed by atoms with E-state index in [4.69, 9.17) is 9.73 Å². The predicted molar refractivity (Wildman–Crippen MR) is 115 cm³/mol. The van der Waals surface area contributed by atoms with E-state index >= 15 is 0 Å². The van der Waals surface area contributed by atoms with Crippen LogP contribution in [0.5, 0.6) is 0 Å². The van der Waals surface area contributed by atoms with Crippen molar-refractivity contribution in [2.24, 2.45) is 4.99 Å². The highest BCUT2D eigenvalue weighted by Gasteiger charge is 2.34. The van der Waals surface area contributed by atoms with E-state index in [0.717, 1.165) is 23.6 Å². The van der Waals surface area contributed by atoms with Gasteiger partial charge in [0.15, 0.2) is 5.96 Å². The first-order valence-electron chi connectivity index (χ1n) is 10.3. The quantitative estimate of drug-likeness (QED) is 0.555. The average Bonchev–Trinajstić information content (AvgIpc) is 3.14. The zero-order chi connectivity index (χ0) is 21.6. The Labute approximate surface area is 177 Å². The van der Waals surface area contributed by atoms with Crippen LogP contribution in [-0.2, 0) is 17.8 Å².